The predicted molar refractivity (Wildman–Crippen MR) is 69.0 cm³/mol. The maximum atomic E-state index is 12.0. The van der Waals surface area contributed by atoms with E-state index in [2.05, 4.69) is 5.32 Å². The Labute approximate surface area is 100 Å². The lowest BCUT2D eigenvalue weighted by Gasteiger charge is -2.25. The van der Waals surface area contributed by atoms with Crippen molar-refractivity contribution in [3.63, 3.8) is 0 Å². The van der Waals surface area contributed by atoms with E-state index in [-0.39, 0.29) is 5.75 Å². The maximum absolute atomic E-state index is 12.0. The molecule has 0 aliphatic carbocycles. The Hall–Kier alpha value is -0.130. The molecule has 5 heteroatoms. The molecule has 4 nitrogen and oxygen atoms in total. The number of hydrogen-bond donors (Lipinski definition) is 1. The van der Waals surface area contributed by atoms with Crippen molar-refractivity contribution in [3.05, 3.63) is 0 Å². The fourth-order valence-corrected chi connectivity index (χ4v) is 3.25. The molecule has 0 radical (unpaired) electrons. The van der Waals surface area contributed by atoms with E-state index in [1.807, 2.05) is 27.7 Å². The van der Waals surface area contributed by atoms with Gasteiger partial charge in [-0.05, 0) is 18.9 Å². The van der Waals surface area contributed by atoms with Crippen molar-refractivity contribution in [1.29, 1.82) is 0 Å². The first-order valence-corrected chi connectivity index (χ1v) is 7.53. The molecule has 98 valence electrons. The Balaban J connectivity index is 4.59. The Kier molecular flexibility index (Phi) is 7.19. The van der Waals surface area contributed by atoms with Gasteiger partial charge in [-0.15, -0.1) is 0 Å². The van der Waals surface area contributed by atoms with Gasteiger partial charge >= 0.3 is 0 Å². The van der Waals surface area contributed by atoms with E-state index in [1.165, 1.54) is 0 Å². The van der Waals surface area contributed by atoms with Crippen molar-refractivity contribution in [2.45, 2.75) is 27.7 Å². The molecule has 0 saturated heterocycles. The van der Waals surface area contributed by atoms with Crippen molar-refractivity contribution in [1.82, 2.24) is 9.62 Å². The van der Waals surface area contributed by atoms with Crippen LogP contribution in [0.15, 0.2) is 0 Å². The predicted octanol–water partition coefficient (Wildman–Crippen LogP) is 1.15. The van der Waals surface area contributed by atoms with Crippen LogP contribution in [0.25, 0.3) is 0 Å². The molecule has 0 fully saturated rings. The van der Waals surface area contributed by atoms with E-state index in [0.717, 1.165) is 0 Å². The second-order valence-corrected chi connectivity index (χ2v) is 7.11. The summed E-state index contributed by atoms with van der Waals surface area (Å²) in [5, 5.41) is 2.88. The summed E-state index contributed by atoms with van der Waals surface area (Å²) in [5.41, 5.74) is 0. The van der Waals surface area contributed by atoms with Crippen LogP contribution in [0.5, 0.6) is 0 Å². The van der Waals surface area contributed by atoms with Gasteiger partial charge < -0.3 is 5.32 Å². The second-order valence-electron chi connectivity index (χ2n) is 5.02. The molecular formula is C11H26N2O2S. The smallest absolute Gasteiger partial charge is 0.215 e. The van der Waals surface area contributed by atoms with E-state index in [4.69, 9.17) is 0 Å². The fraction of sp³-hybridized carbons (Fsp3) is 1.00. The van der Waals surface area contributed by atoms with Gasteiger partial charge in [0.15, 0.2) is 0 Å². The van der Waals surface area contributed by atoms with Gasteiger partial charge in [0.05, 0.1) is 5.75 Å². The maximum Gasteiger partial charge on any atom is 0.215 e. The highest BCUT2D eigenvalue weighted by molar-refractivity contribution is 7.89. The van der Waals surface area contributed by atoms with Crippen molar-refractivity contribution in [3.8, 4) is 0 Å². The minimum atomic E-state index is -3.10. The summed E-state index contributed by atoms with van der Waals surface area (Å²) < 4.78 is 25.7. The summed E-state index contributed by atoms with van der Waals surface area (Å²) in [5.74, 6) is 0.911. The fourth-order valence-electron chi connectivity index (χ4n) is 1.48. The zero-order valence-corrected chi connectivity index (χ0v) is 12.0. The zero-order chi connectivity index (χ0) is 12.8. The van der Waals surface area contributed by atoms with Gasteiger partial charge in [0.1, 0.15) is 0 Å². The standard InChI is InChI=1S/C11H26N2O2S/c1-10(2)8-13(9-11(3)4)16(14,15)7-6-12-5/h10-12H,6-9H2,1-5H3. The molecule has 16 heavy (non-hydrogen) atoms. The quantitative estimate of drug-likeness (QED) is 0.703. The molecule has 0 saturated carbocycles. The lowest BCUT2D eigenvalue weighted by Crippen LogP contribution is -2.40. The van der Waals surface area contributed by atoms with Crippen LogP contribution in [0.2, 0.25) is 0 Å². The second kappa shape index (κ2) is 7.25. The van der Waals surface area contributed by atoms with Gasteiger partial charge in [0, 0.05) is 19.6 Å². The SMILES string of the molecule is CNCCS(=O)(=O)N(CC(C)C)CC(C)C. The van der Waals surface area contributed by atoms with Crippen LogP contribution in [-0.4, -0.2) is 45.2 Å². The van der Waals surface area contributed by atoms with E-state index in [9.17, 15) is 8.42 Å². The molecule has 1 N–H and O–H groups in total. The van der Waals surface area contributed by atoms with Crippen molar-refractivity contribution in [2.75, 3.05) is 32.4 Å². The Morgan fingerprint density at radius 2 is 1.50 bits per heavy atom. The lowest BCUT2D eigenvalue weighted by molar-refractivity contribution is 0.333. The third-order valence-electron chi connectivity index (χ3n) is 2.14. The first kappa shape index (κ1) is 15.9. The minimum absolute atomic E-state index is 0.183. The minimum Gasteiger partial charge on any atom is -0.319 e. The molecule has 0 aromatic heterocycles. The highest BCUT2D eigenvalue weighted by Gasteiger charge is 2.22. The van der Waals surface area contributed by atoms with Crippen molar-refractivity contribution in [2.24, 2.45) is 11.8 Å². The van der Waals surface area contributed by atoms with E-state index in [1.54, 1.807) is 11.4 Å². The number of rotatable bonds is 8. The van der Waals surface area contributed by atoms with Crippen LogP contribution >= 0.6 is 0 Å². The molecule has 0 rings (SSSR count). The van der Waals surface area contributed by atoms with Gasteiger partial charge in [-0.3, -0.25) is 0 Å². The average Bonchev–Trinajstić information content (AvgIpc) is 2.12. The third-order valence-corrected chi connectivity index (χ3v) is 3.95. The first-order valence-electron chi connectivity index (χ1n) is 5.92. The Morgan fingerprint density at radius 1 is 1.06 bits per heavy atom. The van der Waals surface area contributed by atoms with Crippen molar-refractivity contribution >= 4 is 10.0 Å². The van der Waals surface area contributed by atoms with E-state index < -0.39 is 10.0 Å². The molecule has 0 aliphatic rings. The van der Waals surface area contributed by atoms with Crippen LogP contribution < -0.4 is 5.32 Å². The van der Waals surface area contributed by atoms with Crippen LogP contribution in [0.1, 0.15) is 27.7 Å². The van der Waals surface area contributed by atoms with Gasteiger partial charge in [0.25, 0.3) is 0 Å². The molecule has 0 aromatic rings. The molecule has 0 aliphatic heterocycles. The van der Waals surface area contributed by atoms with Crippen LogP contribution in [-0.2, 0) is 10.0 Å². The van der Waals surface area contributed by atoms with E-state index >= 15 is 0 Å². The summed E-state index contributed by atoms with van der Waals surface area (Å²) in [4.78, 5) is 0. The summed E-state index contributed by atoms with van der Waals surface area (Å²) in [6.45, 7) is 9.91. The molecule has 0 unspecified atom stereocenters. The van der Waals surface area contributed by atoms with Crippen LogP contribution in [0.3, 0.4) is 0 Å². The lowest BCUT2D eigenvalue weighted by atomic mass is 10.2. The van der Waals surface area contributed by atoms with Crippen LogP contribution in [0, 0.1) is 11.8 Å². The Bertz CT molecular complexity index is 264. The normalized spacial score (nSPS) is 13.0. The third kappa shape index (κ3) is 6.45. The molecule has 0 spiro atoms. The monoisotopic (exact) mass is 250 g/mol. The highest BCUT2D eigenvalue weighted by atomic mass is 32.2. The number of nitrogens with zero attached hydrogens (tertiary/aromatic N) is 1. The Morgan fingerprint density at radius 3 is 1.81 bits per heavy atom. The summed E-state index contributed by atoms with van der Waals surface area (Å²) in [6.07, 6.45) is 0. The average molecular weight is 250 g/mol. The van der Waals surface area contributed by atoms with Gasteiger partial charge in [0.2, 0.25) is 10.0 Å². The molecule has 0 bridgehead atoms. The van der Waals surface area contributed by atoms with E-state index in [0.29, 0.717) is 31.5 Å². The summed E-state index contributed by atoms with van der Waals surface area (Å²) in [6, 6.07) is 0. The van der Waals surface area contributed by atoms with Gasteiger partial charge in [-0.25, -0.2) is 12.7 Å². The molecule has 0 amide bonds. The van der Waals surface area contributed by atoms with Gasteiger partial charge in [-0.2, -0.15) is 0 Å². The molecule has 0 heterocycles. The largest absolute Gasteiger partial charge is 0.319 e. The summed E-state index contributed by atoms with van der Waals surface area (Å²) in [7, 11) is -1.34. The molecule has 0 atom stereocenters. The summed E-state index contributed by atoms with van der Waals surface area (Å²) >= 11 is 0. The molecular weight excluding hydrogens is 224 g/mol. The number of sulfonamides is 1. The first-order chi connectivity index (χ1) is 7.29. The topological polar surface area (TPSA) is 49.4 Å². The van der Waals surface area contributed by atoms with Crippen LogP contribution in [0.4, 0.5) is 0 Å². The van der Waals surface area contributed by atoms with Crippen molar-refractivity contribution < 1.29 is 8.42 Å². The van der Waals surface area contributed by atoms with Gasteiger partial charge in [-0.1, -0.05) is 27.7 Å². The highest BCUT2D eigenvalue weighted by Crippen LogP contribution is 2.09. The number of nitrogens with one attached hydrogen (secondary N) is 1. The molecule has 0 aromatic carbocycles. The number of hydrogen-bond acceptors (Lipinski definition) is 3. The zero-order valence-electron chi connectivity index (χ0n) is 11.2.